The Bertz CT molecular complexity index is 775. The molecule has 0 saturated carbocycles. The van der Waals surface area contributed by atoms with E-state index in [1.54, 1.807) is 6.08 Å². The summed E-state index contributed by atoms with van der Waals surface area (Å²) in [6.45, 7) is 18.1. The molecule has 1 saturated heterocycles. The highest BCUT2D eigenvalue weighted by molar-refractivity contribution is 5.67. The molecule has 17 heteroatoms. The summed E-state index contributed by atoms with van der Waals surface area (Å²) in [6.07, 6.45) is 1.38. The van der Waals surface area contributed by atoms with Gasteiger partial charge in [-0.25, -0.2) is 4.79 Å². The highest BCUT2D eigenvalue weighted by Gasteiger charge is 2.32. The molecule has 17 nitrogen and oxygen atoms in total. The molecule has 0 spiro atoms. The monoisotopic (exact) mass is 744 g/mol. The Hall–Kier alpha value is -1.39. The summed E-state index contributed by atoms with van der Waals surface area (Å²) in [5.41, 5.74) is 0. The molecule has 2 atom stereocenters. The number of carbonyl (C=O) groups is 1. The van der Waals surface area contributed by atoms with E-state index in [1.165, 1.54) is 0 Å². The van der Waals surface area contributed by atoms with Gasteiger partial charge >= 0.3 is 5.97 Å². The summed E-state index contributed by atoms with van der Waals surface area (Å²) in [6, 6.07) is 0. The van der Waals surface area contributed by atoms with Crippen molar-refractivity contribution >= 4 is 5.97 Å². The lowest BCUT2D eigenvalue weighted by atomic mass is 10.3. The van der Waals surface area contributed by atoms with Gasteiger partial charge in [0.2, 0.25) is 0 Å². The number of rotatable bonds is 41. The molecule has 0 aromatic rings. The van der Waals surface area contributed by atoms with Crippen LogP contribution in [-0.2, 0) is 75.8 Å². The summed E-state index contributed by atoms with van der Waals surface area (Å²) in [7, 11) is 0. The number of aliphatic carboxylic acids is 1. The third kappa shape index (κ3) is 34.1. The molecule has 0 bridgehead atoms. The second-order valence-corrected chi connectivity index (χ2v) is 11.3. The molecule has 1 aliphatic rings. The van der Waals surface area contributed by atoms with Gasteiger partial charge in [-0.05, 0) is 13.8 Å². The Morgan fingerprint density at radius 2 is 1.00 bits per heavy atom. The van der Waals surface area contributed by atoms with E-state index in [4.69, 9.17) is 76.2 Å². The van der Waals surface area contributed by atoms with E-state index >= 15 is 0 Å². The normalized spacial score (nSPS) is 16.2. The van der Waals surface area contributed by atoms with Gasteiger partial charge in [-0.1, -0.05) is 6.08 Å². The van der Waals surface area contributed by atoms with Crippen molar-refractivity contribution in [1.82, 2.24) is 0 Å². The Morgan fingerprint density at radius 1 is 0.627 bits per heavy atom. The number of carboxylic acids is 1. The number of ether oxygens (including phenoxy) is 15. The van der Waals surface area contributed by atoms with Crippen LogP contribution in [0.4, 0.5) is 0 Å². The molecule has 2 unspecified atom stereocenters. The van der Waals surface area contributed by atoms with Crippen molar-refractivity contribution in [2.24, 2.45) is 0 Å². The predicted octanol–water partition coefficient (Wildman–Crippen LogP) is 0.993. The average Bonchev–Trinajstić information content (AvgIpc) is 3.46. The zero-order valence-electron chi connectivity index (χ0n) is 30.8. The van der Waals surface area contributed by atoms with Gasteiger partial charge in [0, 0.05) is 0 Å². The molecular weight excluding hydrogens is 680 g/mol. The topological polar surface area (TPSA) is 176 Å². The molecule has 1 rings (SSSR count). The Kier molecular flexibility index (Phi) is 33.3. The second kappa shape index (κ2) is 35.6. The van der Waals surface area contributed by atoms with E-state index in [2.05, 4.69) is 6.58 Å². The smallest absolute Gasteiger partial charge is 0.329 e. The summed E-state index contributed by atoms with van der Waals surface area (Å²) >= 11 is 0. The van der Waals surface area contributed by atoms with Crippen LogP contribution in [0.5, 0.6) is 0 Å². The molecule has 0 aromatic heterocycles. The zero-order valence-corrected chi connectivity index (χ0v) is 30.8. The first-order valence-corrected chi connectivity index (χ1v) is 17.6. The first kappa shape index (κ1) is 47.6. The third-order valence-corrected chi connectivity index (χ3v) is 6.37. The van der Waals surface area contributed by atoms with Gasteiger partial charge in [-0.3, -0.25) is 0 Å². The highest BCUT2D eigenvalue weighted by atomic mass is 16.7. The van der Waals surface area contributed by atoms with Crippen LogP contribution in [0, 0.1) is 0 Å². The van der Waals surface area contributed by atoms with Crippen LogP contribution in [0.3, 0.4) is 0 Å². The molecule has 51 heavy (non-hydrogen) atoms. The summed E-state index contributed by atoms with van der Waals surface area (Å²) in [5.74, 6) is -1.57. The maximum Gasteiger partial charge on any atom is 0.329 e. The van der Waals surface area contributed by atoms with E-state index in [-0.39, 0.29) is 25.4 Å². The fraction of sp³-hybridized carbons (Fsp3) is 0.912. The number of hydrogen-bond donors (Lipinski definition) is 1. The second-order valence-electron chi connectivity index (χ2n) is 11.3. The van der Waals surface area contributed by atoms with Crippen molar-refractivity contribution in [3.8, 4) is 0 Å². The third-order valence-electron chi connectivity index (χ3n) is 6.37. The maximum absolute atomic E-state index is 10.3. The molecule has 302 valence electrons. The van der Waals surface area contributed by atoms with E-state index in [9.17, 15) is 4.79 Å². The molecule has 1 heterocycles. The lowest BCUT2D eigenvalue weighted by Gasteiger charge is -2.20. The first-order chi connectivity index (χ1) is 24.9. The standard InChI is InChI=1S/C34H64O17/c1-4-5-46-26-31(27-48-28-32-29-50-34(2,3)51-32)49-25-24-45-21-20-43-17-16-41-13-12-39-9-8-37-6-7-38-10-11-40-14-15-42-18-19-44-22-23-47-30-33(35)36/h4,31-32H,1,5-30H2,2-3H3,(H,35,36). The van der Waals surface area contributed by atoms with Crippen LogP contribution in [0.25, 0.3) is 0 Å². The van der Waals surface area contributed by atoms with Gasteiger partial charge in [0.1, 0.15) is 18.8 Å². The fourth-order valence-electron chi connectivity index (χ4n) is 4.02. The molecule has 1 N–H and O–H groups in total. The number of hydrogen-bond acceptors (Lipinski definition) is 16. The van der Waals surface area contributed by atoms with Gasteiger partial charge in [0.25, 0.3) is 0 Å². The zero-order chi connectivity index (χ0) is 36.9. The average molecular weight is 745 g/mol. The summed E-state index contributed by atoms with van der Waals surface area (Å²) in [5, 5.41) is 8.44. The summed E-state index contributed by atoms with van der Waals surface area (Å²) in [4.78, 5) is 10.3. The molecule has 1 fully saturated rings. The molecule has 0 aromatic carbocycles. The van der Waals surface area contributed by atoms with Gasteiger partial charge < -0.3 is 76.2 Å². The SMILES string of the molecule is C=CCOCC(COCC1COC(C)(C)O1)OCCOCCOCCOCCOCCOCCOCCOCCOCCOCCOCC(=O)O. The fourth-order valence-corrected chi connectivity index (χ4v) is 4.02. The minimum Gasteiger partial charge on any atom is -0.480 e. The van der Waals surface area contributed by atoms with Gasteiger partial charge in [0.15, 0.2) is 5.79 Å². The van der Waals surface area contributed by atoms with Crippen molar-refractivity contribution in [2.45, 2.75) is 31.8 Å². The van der Waals surface area contributed by atoms with Gasteiger partial charge in [-0.2, -0.15) is 0 Å². The first-order valence-electron chi connectivity index (χ1n) is 17.6. The van der Waals surface area contributed by atoms with Gasteiger partial charge in [0.05, 0.1) is 165 Å². The lowest BCUT2D eigenvalue weighted by Crippen LogP contribution is -2.30. The largest absolute Gasteiger partial charge is 0.480 e. The quantitative estimate of drug-likeness (QED) is 0.0692. The summed E-state index contributed by atoms with van der Waals surface area (Å²) < 4.78 is 82.4. The van der Waals surface area contributed by atoms with Crippen LogP contribution in [0.15, 0.2) is 12.7 Å². The molecule has 0 amide bonds. The van der Waals surface area contributed by atoms with Crippen molar-refractivity contribution in [3.05, 3.63) is 12.7 Å². The van der Waals surface area contributed by atoms with Crippen LogP contribution in [-0.4, -0.2) is 201 Å². The Morgan fingerprint density at radius 3 is 1.35 bits per heavy atom. The molecule has 0 radical (unpaired) electrons. The Balaban J connectivity index is 1.75. The minimum absolute atomic E-state index is 0.0923. The molecule has 1 aliphatic heterocycles. The molecule has 0 aliphatic carbocycles. The van der Waals surface area contributed by atoms with E-state index < -0.39 is 11.8 Å². The predicted molar refractivity (Wildman–Crippen MR) is 182 cm³/mol. The Labute approximate surface area is 303 Å². The van der Waals surface area contributed by atoms with E-state index in [0.717, 1.165) is 0 Å². The van der Waals surface area contributed by atoms with E-state index in [1.807, 2.05) is 13.8 Å². The lowest BCUT2D eigenvalue weighted by molar-refractivity contribution is -0.148. The van der Waals surface area contributed by atoms with Crippen LogP contribution in [0.2, 0.25) is 0 Å². The van der Waals surface area contributed by atoms with Crippen molar-refractivity contribution in [1.29, 1.82) is 0 Å². The van der Waals surface area contributed by atoms with Crippen molar-refractivity contribution in [2.75, 3.05) is 172 Å². The molecular formula is C34H64O17. The van der Waals surface area contributed by atoms with Gasteiger partial charge in [-0.15, -0.1) is 6.58 Å². The highest BCUT2D eigenvalue weighted by Crippen LogP contribution is 2.22. The van der Waals surface area contributed by atoms with Crippen LogP contribution < -0.4 is 0 Å². The van der Waals surface area contributed by atoms with Crippen molar-refractivity contribution < 1.29 is 81.0 Å². The van der Waals surface area contributed by atoms with Crippen LogP contribution >= 0.6 is 0 Å². The maximum atomic E-state index is 10.3. The number of carboxylic acid groups (broad SMARTS) is 1. The minimum atomic E-state index is -0.999. The van der Waals surface area contributed by atoms with Crippen molar-refractivity contribution in [3.63, 3.8) is 0 Å². The van der Waals surface area contributed by atoms with Crippen LogP contribution in [0.1, 0.15) is 13.8 Å². The van der Waals surface area contributed by atoms with E-state index in [0.29, 0.717) is 159 Å².